The summed E-state index contributed by atoms with van der Waals surface area (Å²) in [6.07, 6.45) is 0. The van der Waals surface area contributed by atoms with Crippen molar-refractivity contribution in [2.45, 2.75) is 39.6 Å². The molecular weight excluding hydrogens is 264 g/mol. The predicted molar refractivity (Wildman–Crippen MR) is 80.0 cm³/mol. The van der Waals surface area contributed by atoms with Crippen molar-refractivity contribution in [3.05, 3.63) is 33.9 Å². The lowest BCUT2D eigenvalue weighted by Crippen LogP contribution is -2.34. The Morgan fingerprint density at radius 2 is 1.95 bits per heavy atom. The van der Waals surface area contributed by atoms with Crippen LogP contribution in [0.2, 0.25) is 0 Å². The van der Waals surface area contributed by atoms with Crippen molar-refractivity contribution in [2.75, 3.05) is 11.4 Å². The zero-order chi connectivity index (χ0) is 14.6. The van der Waals surface area contributed by atoms with Crippen LogP contribution in [0.1, 0.15) is 33.3 Å². The van der Waals surface area contributed by atoms with Gasteiger partial charge < -0.3 is 4.90 Å². The van der Waals surface area contributed by atoms with Crippen LogP contribution in [0.5, 0.6) is 0 Å². The molecule has 0 aliphatic heterocycles. The minimum absolute atomic E-state index is 0.0904. The quantitative estimate of drug-likeness (QED) is 0.447. The van der Waals surface area contributed by atoms with Gasteiger partial charge in [0.25, 0.3) is 5.69 Å². The molecule has 4 nitrogen and oxygen atoms in total. The van der Waals surface area contributed by atoms with Gasteiger partial charge in [-0.25, -0.2) is 0 Å². The molecule has 0 fully saturated rings. The fraction of sp³-hybridized carbons (Fsp3) is 0.571. The number of hydrogen-bond donors (Lipinski definition) is 0. The van der Waals surface area contributed by atoms with E-state index in [0.29, 0.717) is 12.0 Å². The third-order valence-electron chi connectivity index (χ3n) is 2.91. The minimum Gasteiger partial charge on any atom is -0.369 e. The number of alkyl halides is 1. The van der Waals surface area contributed by atoms with E-state index in [-0.39, 0.29) is 16.5 Å². The van der Waals surface area contributed by atoms with Crippen molar-refractivity contribution in [1.29, 1.82) is 0 Å². The normalized spacial score (nSPS) is 11.1. The zero-order valence-corrected chi connectivity index (χ0v) is 12.6. The highest BCUT2D eigenvalue weighted by Crippen LogP contribution is 2.29. The van der Waals surface area contributed by atoms with E-state index >= 15 is 0 Å². The van der Waals surface area contributed by atoms with Gasteiger partial charge in [0.1, 0.15) is 0 Å². The number of non-ortho nitro benzene ring substituents is 1. The standard InChI is InChI=1S/C14H21ClN2O2/c1-10(2)9-16(11(3)4)14-6-5-13(17(18)19)7-12(14)8-15/h5-7,10-11H,8-9H2,1-4H3. The maximum Gasteiger partial charge on any atom is 0.269 e. The van der Waals surface area contributed by atoms with E-state index in [9.17, 15) is 10.1 Å². The van der Waals surface area contributed by atoms with Gasteiger partial charge in [-0.1, -0.05) is 13.8 Å². The number of halogens is 1. The minimum atomic E-state index is -0.387. The first kappa shape index (κ1) is 15.8. The van der Waals surface area contributed by atoms with E-state index < -0.39 is 0 Å². The van der Waals surface area contributed by atoms with Crippen LogP contribution in [0.15, 0.2) is 18.2 Å². The monoisotopic (exact) mass is 284 g/mol. The highest BCUT2D eigenvalue weighted by molar-refractivity contribution is 6.17. The van der Waals surface area contributed by atoms with Crippen molar-refractivity contribution < 1.29 is 4.92 Å². The molecule has 0 aliphatic rings. The van der Waals surface area contributed by atoms with Crippen molar-refractivity contribution in [3.8, 4) is 0 Å². The van der Waals surface area contributed by atoms with Crippen LogP contribution in [-0.4, -0.2) is 17.5 Å². The fourth-order valence-electron chi connectivity index (χ4n) is 2.05. The molecule has 0 spiro atoms. The largest absolute Gasteiger partial charge is 0.369 e. The second-order valence-corrected chi connectivity index (χ2v) is 5.61. The summed E-state index contributed by atoms with van der Waals surface area (Å²) in [5, 5.41) is 10.8. The molecule has 0 aliphatic carbocycles. The molecule has 0 bridgehead atoms. The summed E-state index contributed by atoms with van der Waals surface area (Å²) >= 11 is 5.94. The Morgan fingerprint density at radius 1 is 1.32 bits per heavy atom. The second-order valence-electron chi connectivity index (χ2n) is 5.34. The summed E-state index contributed by atoms with van der Waals surface area (Å²) in [4.78, 5) is 12.7. The van der Waals surface area contributed by atoms with Crippen LogP contribution in [0.25, 0.3) is 0 Å². The molecule has 0 atom stereocenters. The average molecular weight is 285 g/mol. The summed E-state index contributed by atoms with van der Waals surface area (Å²) in [5.74, 6) is 0.791. The van der Waals surface area contributed by atoms with Crippen LogP contribution in [0.4, 0.5) is 11.4 Å². The van der Waals surface area contributed by atoms with Gasteiger partial charge in [-0.15, -0.1) is 11.6 Å². The lowest BCUT2D eigenvalue weighted by molar-refractivity contribution is -0.384. The van der Waals surface area contributed by atoms with E-state index in [1.807, 2.05) is 0 Å². The number of nitro groups is 1. The maximum absolute atomic E-state index is 10.8. The van der Waals surface area contributed by atoms with Gasteiger partial charge in [0.2, 0.25) is 0 Å². The van der Waals surface area contributed by atoms with E-state index in [4.69, 9.17) is 11.6 Å². The molecule has 106 valence electrons. The molecule has 1 rings (SSSR count). The number of benzene rings is 1. The molecule has 0 N–H and O–H groups in total. The third kappa shape index (κ3) is 4.10. The molecule has 0 radical (unpaired) electrons. The molecule has 0 unspecified atom stereocenters. The molecule has 0 heterocycles. The zero-order valence-electron chi connectivity index (χ0n) is 11.9. The predicted octanol–water partition coefficient (Wildman–Crippen LogP) is 4.20. The van der Waals surface area contributed by atoms with Crippen molar-refractivity contribution in [3.63, 3.8) is 0 Å². The van der Waals surface area contributed by atoms with Crippen molar-refractivity contribution in [1.82, 2.24) is 0 Å². The first-order valence-corrected chi connectivity index (χ1v) is 7.00. The smallest absolute Gasteiger partial charge is 0.269 e. The Labute approximate surface area is 119 Å². The number of rotatable bonds is 6. The van der Waals surface area contributed by atoms with Crippen LogP contribution < -0.4 is 4.90 Å². The fourth-order valence-corrected chi connectivity index (χ4v) is 2.27. The van der Waals surface area contributed by atoms with Crippen molar-refractivity contribution in [2.24, 2.45) is 5.92 Å². The number of nitro benzene ring substituents is 1. The Kier molecular flexibility index (Phi) is 5.60. The van der Waals surface area contributed by atoms with Crippen LogP contribution >= 0.6 is 11.6 Å². The van der Waals surface area contributed by atoms with Crippen LogP contribution in [0.3, 0.4) is 0 Å². The topological polar surface area (TPSA) is 46.4 Å². The Hall–Kier alpha value is -1.29. The van der Waals surface area contributed by atoms with Gasteiger partial charge in [-0.2, -0.15) is 0 Å². The molecule has 0 aromatic heterocycles. The Morgan fingerprint density at radius 3 is 2.37 bits per heavy atom. The molecule has 0 saturated carbocycles. The van der Waals surface area contributed by atoms with Gasteiger partial charge in [-0.3, -0.25) is 10.1 Å². The first-order valence-electron chi connectivity index (χ1n) is 6.46. The molecule has 0 saturated heterocycles. The molecule has 5 heteroatoms. The maximum atomic E-state index is 10.8. The van der Waals surface area contributed by atoms with E-state index in [0.717, 1.165) is 17.8 Å². The van der Waals surface area contributed by atoms with E-state index in [1.54, 1.807) is 18.2 Å². The average Bonchev–Trinajstić information content (AvgIpc) is 2.34. The lowest BCUT2D eigenvalue weighted by atomic mass is 10.1. The van der Waals surface area contributed by atoms with E-state index in [1.165, 1.54) is 0 Å². The van der Waals surface area contributed by atoms with Gasteiger partial charge in [0.15, 0.2) is 0 Å². The molecular formula is C14H21ClN2O2. The summed E-state index contributed by atoms with van der Waals surface area (Å²) in [6.45, 7) is 9.44. The molecule has 1 aromatic carbocycles. The number of nitrogens with zero attached hydrogens (tertiary/aromatic N) is 2. The number of anilines is 1. The second kappa shape index (κ2) is 6.75. The van der Waals surface area contributed by atoms with Gasteiger partial charge >= 0.3 is 0 Å². The van der Waals surface area contributed by atoms with Gasteiger partial charge in [0.05, 0.1) is 4.92 Å². The van der Waals surface area contributed by atoms with E-state index in [2.05, 4.69) is 32.6 Å². The Balaban J connectivity index is 3.19. The Bertz CT molecular complexity index is 447. The lowest BCUT2D eigenvalue weighted by Gasteiger charge is -2.32. The summed E-state index contributed by atoms with van der Waals surface area (Å²) in [5.41, 5.74) is 1.89. The molecule has 19 heavy (non-hydrogen) atoms. The molecule has 0 amide bonds. The van der Waals surface area contributed by atoms with Gasteiger partial charge in [0, 0.05) is 36.3 Å². The number of hydrogen-bond acceptors (Lipinski definition) is 3. The van der Waals surface area contributed by atoms with Crippen molar-refractivity contribution >= 4 is 23.0 Å². The highest BCUT2D eigenvalue weighted by atomic mass is 35.5. The molecule has 1 aromatic rings. The summed E-state index contributed by atoms with van der Waals surface area (Å²) in [6, 6.07) is 5.24. The highest BCUT2D eigenvalue weighted by Gasteiger charge is 2.18. The summed E-state index contributed by atoms with van der Waals surface area (Å²) < 4.78 is 0. The summed E-state index contributed by atoms with van der Waals surface area (Å²) in [7, 11) is 0. The third-order valence-corrected chi connectivity index (χ3v) is 3.20. The SMILES string of the molecule is CC(C)CN(c1ccc([N+](=O)[O-])cc1CCl)C(C)C. The van der Waals surface area contributed by atoms with Crippen LogP contribution in [0, 0.1) is 16.0 Å². The first-order chi connectivity index (χ1) is 8.86. The van der Waals surface area contributed by atoms with Gasteiger partial charge in [-0.05, 0) is 31.4 Å². The van der Waals surface area contributed by atoms with Crippen LogP contribution in [-0.2, 0) is 5.88 Å².